The van der Waals surface area contributed by atoms with Crippen LogP contribution in [-0.2, 0) is 4.79 Å². The molecule has 2 aromatic carbocycles. The molecule has 0 bridgehead atoms. The summed E-state index contributed by atoms with van der Waals surface area (Å²) >= 11 is 3.22. The molecule has 1 aliphatic heterocycles. The second-order valence-corrected chi connectivity index (χ2v) is 6.90. The van der Waals surface area contributed by atoms with Gasteiger partial charge in [0, 0.05) is 11.1 Å². The summed E-state index contributed by atoms with van der Waals surface area (Å²) in [6, 6.07) is 18.3. The molecule has 1 amide bonds. The van der Waals surface area contributed by atoms with Gasteiger partial charge in [0.15, 0.2) is 10.4 Å². The van der Waals surface area contributed by atoms with E-state index in [9.17, 15) is 4.79 Å². The Bertz CT molecular complexity index is 1140. The number of hydrogen-bond donors (Lipinski definition) is 1. The number of para-hydroxylation sites is 2. The highest BCUT2D eigenvalue weighted by Crippen LogP contribution is 2.44. The molecule has 138 valence electrons. The number of nitrogens with one attached hydrogen (secondary N) is 1. The monoisotopic (exact) mass is 437 g/mol. The van der Waals surface area contributed by atoms with Crippen molar-refractivity contribution in [1.82, 2.24) is 10.2 Å². The fraction of sp³-hybridized carbons (Fsp3) is 0.0500. The quantitative estimate of drug-likeness (QED) is 0.486. The van der Waals surface area contributed by atoms with Crippen molar-refractivity contribution in [3.8, 4) is 23.1 Å². The van der Waals surface area contributed by atoms with Crippen LogP contribution in [0, 0.1) is 0 Å². The molecule has 0 atom stereocenters. The van der Waals surface area contributed by atoms with E-state index in [1.807, 2.05) is 48.5 Å². The normalized spacial score (nSPS) is 12.8. The lowest BCUT2D eigenvalue weighted by molar-refractivity contribution is -0.117. The first-order valence-electron chi connectivity index (χ1n) is 8.45. The predicted octanol–water partition coefficient (Wildman–Crippen LogP) is 4.97. The van der Waals surface area contributed by atoms with E-state index in [2.05, 4.69) is 31.4 Å². The zero-order valence-electron chi connectivity index (χ0n) is 14.3. The van der Waals surface area contributed by atoms with Crippen LogP contribution >= 0.6 is 15.9 Å². The van der Waals surface area contributed by atoms with Gasteiger partial charge in [0.1, 0.15) is 11.5 Å². The van der Waals surface area contributed by atoms with E-state index >= 15 is 0 Å². The van der Waals surface area contributed by atoms with Gasteiger partial charge in [-0.25, -0.2) is 0 Å². The van der Waals surface area contributed by atoms with Crippen LogP contribution in [0.5, 0.6) is 11.5 Å². The maximum atomic E-state index is 13.1. The summed E-state index contributed by atoms with van der Waals surface area (Å²) in [5.74, 6) is 1.02. The summed E-state index contributed by atoms with van der Waals surface area (Å²) < 4.78 is 17.4. The first kappa shape index (κ1) is 16.8. The van der Waals surface area contributed by atoms with Crippen LogP contribution in [-0.4, -0.2) is 16.1 Å². The summed E-state index contributed by atoms with van der Waals surface area (Å²) in [4.78, 5) is 13.1. The van der Waals surface area contributed by atoms with Crippen molar-refractivity contribution in [2.24, 2.45) is 0 Å². The van der Waals surface area contributed by atoms with E-state index in [0.717, 1.165) is 11.1 Å². The van der Waals surface area contributed by atoms with Gasteiger partial charge in [0.2, 0.25) is 5.91 Å². The molecule has 0 saturated carbocycles. The Hall–Kier alpha value is -3.39. The molecule has 3 heterocycles. The fourth-order valence-electron chi connectivity index (χ4n) is 3.17. The van der Waals surface area contributed by atoms with E-state index in [1.54, 1.807) is 12.1 Å². The number of ether oxygens (including phenoxy) is 1. The molecule has 0 aliphatic carbocycles. The maximum Gasteiger partial charge on any atom is 0.322 e. The summed E-state index contributed by atoms with van der Waals surface area (Å²) in [5.41, 5.74) is 1.54. The second-order valence-electron chi connectivity index (χ2n) is 6.12. The van der Waals surface area contributed by atoms with Crippen LogP contribution in [0.4, 0.5) is 6.01 Å². The minimum absolute atomic E-state index is 0.00558. The van der Waals surface area contributed by atoms with Gasteiger partial charge < -0.3 is 13.6 Å². The van der Waals surface area contributed by atoms with E-state index in [4.69, 9.17) is 13.6 Å². The number of rotatable bonds is 3. The summed E-state index contributed by atoms with van der Waals surface area (Å²) in [5, 5.41) is 10.5. The van der Waals surface area contributed by atoms with Crippen LogP contribution in [0.3, 0.4) is 0 Å². The molecular formula is C20H12BrN3O4. The lowest BCUT2D eigenvalue weighted by Gasteiger charge is -2.26. The highest BCUT2D eigenvalue weighted by Gasteiger charge is 2.33. The highest BCUT2D eigenvalue weighted by atomic mass is 79.9. The van der Waals surface area contributed by atoms with Crippen LogP contribution in [0.25, 0.3) is 11.7 Å². The Morgan fingerprint density at radius 3 is 2.21 bits per heavy atom. The SMILES string of the molecule is O=C(Nc1nnc(-c2ccc(Br)o2)o1)C1c2ccccc2Oc2ccccc21. The summed E-state index contributed by atoms with van der Waals surface area (Å²) in [6.45, 7) is 0. The van der Waals surface area contributed by atoms with E-state index in [1.165, 1.54) is 0 Å². The summed E-state index contributed by atoms with van der Waals surface area (Å²) in [7, 11) is 0. The first-order chi connectivity index (χ1) is 13.7. The van der Waals surface area contributed by atoms with Crippen molar-refractivity contribution in [3.05, 3.63) is 76.5 Å². The maximum absolute atomic E-state index is 13.1. The number of carbonyl (C=O) groups is 1. The predicted molar refractivity (Wildman–Crippen MR) is 103 cm³/mol. The number of fused-ring (bicyclic) bond motifs is 2. The lowest BCUT2D eigenvalue weighted by atomic mass is 9.87. The van der Waals surface area contributed by atoms with Gasteiger partial charge in [0.05, 0.1) is 5.92 Å². The van der Waals surface area contributed by atoms with Crippen LogP contribution < -0.4 is 10.1 Å². The van der Waals surface area contributed by atoms with Gasteiger partial charge in [-0.2, -0.15) is 0 Å². The second kappa shape index (κ2) is 6.65. The molecule has 7 nitrogen and oxygen atoms in total. The van der Waals surface area contributed by atoms with Gasteiger partial charge >= 0.3 is 6.01 Å². The number of anilines is 1. The van der Waals surface area contributed by atoms with Gasteiger partial charge in [-0.3, -0.25) is 10.1 Å². The van der Waals surface area contributed by atoms with Crippen molar-refractivity contribution < 1.29 is 18.4 Å². The molecule has 8 heteroatoms. The van der Waals surface area contributed by atoms with Crippen molar-refractivity contribution in [3.63, 3.8) is 0 Å². The smallest absolute Gasteiger partial charge is 0.322 e. The molecular weight excluding hydrogens is 426 g/mol. The molecule has 4 aromatic rings. The van der Waals surface area contributed by atoms with Gasteiger partial charge in [-0.1, -0.05) is 41.5 Å². The molecule has 2 aromatic heterocycles. The van der Waals surface area contributed by atoms with Gasteiger partial charge in [0.25, 0.3) is 5.89 Å². The topological polar surface area (TPSA) is 90.4 Å². The third-order valence-corrected chi connectivity index (χ3v) is 4.81. The third kappa shape index (κ3) is 2.87. The standard InChI is InChI=1S/C20H12BrN3O4/c21-16-10-9-15(27-16)19-23-24-20(28-19)22-18(25)17-11-5-1-3-7-13(11)26-14-8-4-2-6-12(14)17/h1-10,17H,(H,22,24,25). The largest absolute Gasteiger partial charge is 0.457 e. The Morgan fingerprint density at radius 1 is 0.893 bits per heavy atom. The average Bonchev–Trinajstić information content (AvgIpc) is 3.34. The van der Waals surface area contributed by atoms with Crippen LogP contribution in [0.1, 0.15) is 17.0 Å². The molecule has 0 unspecified atom stereocenters. The Balaban J connectivity index is 1.47. The molecule has 28 heavy (non-hydrogen) atoms. The van der Waals surface area contributed by atoms with E-state index in [0.29, 0.717) is 21.9 Å². The summed E-state index contributed by atoms with van der Waals surface area (Å²) in [6.07, 6.45) is 0. The highest BCUT2D eigenvalue weighted by molar-refractivity contribution is 9.10. The first-order valence-corrected chi connectivity index (χ1v) is 9.24. The molecule has 0 spiro atoms. The minimum atomic E-state index is -0.561. The molecule has 5 rings (SSSR count). The van der Waals surface area contributed by atoms with Crippen molar-refractivity contribution in [2.75, 3.05) is 5.32 Å². The average molecular weight is 438 g/mol. The Morgan fingerprint density at radius 2 is 1.57 bits per heavy atom. The number of nitrogens with zero attached hydrogens (tertiary/aromatic N) is 2. The number of aromatic nitrogens is 2. The number of amides is 1. The fourth-order valence-corrected chi connectivity index (χ4v) is 3.48. The molecule has 0 radical (unpaired) electrons. The number of furan rings is 1. The van der Waals surface area contributed by atoms with Gasteiger partial charge in [-0.05, 0) is 40.2 Å². The number of halogens is 1. The molecule has 1 N–H and O–H groups in total. The Labute approximate surface area is 167 Å². The zero-order valence-corrected chi connectivity index (χ0v) is 15.8. The molecule has 0 fully saturated rings. The zero-order chi connectivity index (χ0) is 19.1. The van der Waals surface area contributed by atoms with E-state index in [-0.39, 0.29) is 17.8 Å². The number of carbonyl (C=O) groups excluding carboxylic acids is 1. The van der Waals surface area contributed by atoms with E-state index < -0.39 is 5.92 Å². The number of benzene rings is 2. The van der Waals surface area contributed by atoms with Crippen molar-refractivity contribution in [2.45, 2.75) is 5.92 Å². The van der Waals surface area contributed by atoms with Crippen LogP contribution in [0.2, 0.25) is 0 Å². The minimum Gasteiger partial charge on any atom is -0.457 e. The van der Waals surface area contributed by atoms with Crippen molar-refractivity contribution in [1.29, 1.82) is 0 Å². The Kier molecular flexibility index (Phi) is 3.98. The third-order valence-electron chi connectivity index (χ3n) is 4.38. The van der Waals surface area contributed by atoms with Crippen molar-refractivity contribution >= 4 is 27.9 Å². The van der Waals surface area contributed by atoms with Crippen LogP contribution in [0.15, 0.2) is 74.2 Å². The van der Waals surface area contributed by atoms with Gasteiger partial charge in [-0.15, -0.1) is 5.10 Å². The molecule has 1 aliphatic rings. The lowest BCUT2D eigenvalue weighted by Crippen LogP contribution is -2.25. The molecule has 0 saturated heterocycles. The number of hydrogen-bond acceptors (Lipinski definition) is 6.